The van der Waals surface area contributed by atoms with Gasteiger partial charge in [0.05, 0.1) is 6.61 Å². The van der Waals surface area contributed by atoms with Crippen molar-refractivity contribution in [3.05, 3.63) is 0 Å². The van der Waals surface area contributed by atoms with E-state index >= 15 is 0 Å². The van der Waals surface area contributed by atoms with Gasteiger partial charge in [-0.15, -0.1) is 0 Å². The normalized spacial score (nSPS) is 19.4. The largest absolute Gasteiger partial charge is 0.480 e. The molecule has 0 spiro atoms. The number of rotatable bonds is 2. The minimum Gasteiger partial charge on any atom is -0.480 e. The summed E-state index contributed by atoms with van der Waals surface area (Å²) < 4.78 is 4.17. The maximum absolute atomic E-state index is 10.1. The summed E-state index contributed by atoms with van der Waals surface area (Å²) in [6, 6.07) is -0.269. The third kappa shape index (κ3) is 6.68. The maximum atomic E-state index is 10.1. The topological polar surface area (TPSA) is 75.6 Å². The SMILES string of the molecule is CCOC(=O)Cl.O=C(O)[C@@H]1CCCN1. The zero-order valence-electron chi connectivity index (χ0n) is 7.96. The molecule has 0 aromatic carbocycles. The van der Waals surface area contributed by atoms with Crippen LogP contribution < -0.4 is 5.32 Å². The number of carbonyl (C=O) groups excluding carboxylic acids is 1. The van der Waals surface area contributed by atoms with Crippen molar-refractivity contribution in [1.82, 2.24) is 5.32 Å². The summed E-state index contributed by atoms with van der Waals surface area (Å²) in [6.07, 6.45) is 1.78. The lowest BCUT2D eigenvalue weighted by molar-refractivity contribution is -0.139. The molecule has 1 heterocycles. The van der Waals surface area contributed by atoms with Gasteiger partial charge in [0.25, 0.3) is 0 Å². The van der Waals surface area contributed by atoms with Gasteiger partial charge in [0.2, 0.25) is 0 Å². The molecule has 0 radical (unpaired) electrons. The molecule has 2 N–H and O–H groups in total. The van der Waals surface area contributed by atoms with E-state index in [0.717, 1.165) is 19.4 Å². The average Bonchev–Trinajstić information content (AvgIpc) is 2.56. The fourth-order valence-corrected chi connectivity index (χ4v) is 1.12. The molecule has 14 heavy (non-hydrogen) atoms. The average molecular weight is 224 g/mol. The van der Waals surface area contributed by atoms with Crippen LogP contribution in [0.1, 0.15) is 19.8 Å². The number of halogens is 1. The number of aliphatic carboxylic acids is 1. The summed E-state index contributed by atoms with van der Waals surface area (Å²) in [5, 5.41) is 11.2. The molecule has 1 atom stereocenters. The van der Waals surface area contributed by atoms with Gasteiger partial charge in [0, 0.05) is 11.6 Å². The van der Waals surface area contributed by atoms with Gasteiger partial charge in [0.1, 0.15) is 6.04 Å². The van der Waals surface area contributed by atoms with Crippen LogP contribution in [0.15, 0.2) is 0 Å². The smallest absolute Gasteiger partial charge is 0.403 e. The first-order valence-electron chi connectivity index (χ1n) is 4.36. The molecule has 0 saturated carbocycles. The highest BCUT2D eigenvalue weighted by molar-refractivity contribution is 6.61. The highest BCUT2D eigenvalue weighted by Crippen LogP contribution is 2.03. The predicted octanol–water partition coefficient (Wildman–Crippen LogP) is 1.20. The number of nitrogens with one attached hydrogen (secondary N) is 1. The molecule has 0 unspecified atom stereocenters. The second-order valence-corrected chi connectivity index (χ2v) is 2.97. The van der Waals surface area contributed by atoms with Crippen molar-refractivity contribution in [1.29, 1.82) is 0 Å². The first kappa shape index (κ1) is 13.2. The van der Waals surface area contributed by atoms with E-state index in [1.807, 2.05) is 0 Å². The standard InChI is InChI=1S/C5H9NO2.C3H5ClO2/c7-5(8)4-2-1-3-6-4;1-2-6-3(4)5/h4,6H,1-3H2,(H,7,8);2H2,1H3/t4-;/m0./s1. The summed E-state index contributed by atoms with van der Waals surface area (Å²) in [6.45, 7) is 2.90. The Morgan fingerprint density at radius 2 is 2.29 bits per heavy atom. The maximum Gasteiger partial charge on any atom is 0.403 e. The van der Waals surface area contributed by atoms with Crippen molar-refractivity contribution >= 4 is 23.0 Å². The first-order valence-corrected chi connectivity index (χ1v) is 4.74. The van der Waals surface area contributed by atoms with Gasteiger partial charge in [-0.25, -0.2) is 4.79 Å². The zero-order valence-corrected chi connectivity index (χ0v) is 8.71. The van der Waals surface area contributed by atoms with Crippen molar-refractivity contribution < 1.29 is 19.4 Å². The lowest BCUT2D eigenvalue weighted by Crippen LogP contribution is -2.29. The van der Waals surface area contributed by atoms with Gasteiger partial charge >= 0.3 is 11.4 Å². The van der Waals surface area contributed by atoms with Crippen LogP contribution >= 0.6 is 11.6 Å². The van der Waals surface area contributed by atoms with Crippen molar-refractivity contribution in [2.45, 2.75) is 25.8 Å². The number of hydrogen-bond donors (Lipinski definition) is 2. The van der Waals surface area contributed by atoms with E-state index in [1.54, 1.807) is 6.92 Å². The van der Waals surface area contributed by atoms with E-state index < -0.39 is 11.4 Å². The summed E-state index contributed by atoms with van der Waals surface area (Å²) in [5.74, 6) is -0.720. The molecule has 0 bridgehead atoms. The number of ether oxygens (including phenoxy) is 1. The molecule has 0 aromatic rings. The number of hydrogen-bond acceptors (Lipinski definition) is 4. The molecule has 1 fully saturated rings. The lowest BCUT2D eigenvalue weighted by atomic mass is 10.2. The Morgan fingerprint density at radius 1 is 1.64 bits per heavy atom. The number of carbonyl (C=O) groups is 2. The summed E-state index contributed by atoms with van der Waals surface area (Å²) in [7, 11) is 0. The van der Waals surface area contributed by atoms with Gasteiger partial charge in [-0.2, -0.15) is 0 Å². The first-order chi connectivity index (χ1) is 6.57. The Bertz CT molecular complexity index is 192. The molecular formula is C8H14ClNO4. The van der Waals surface area contributed by atoms with E-state index in [0.29, 0.717) is 6.61 Å². The van der Waals surface area contributed by atoms with Crippen LogP contribution in [0, 0.1) is 0 Å². The highest BCUT2D eigenvalue weighted by Gasteiger charge is 2.20. The van der Waals surface area contributed by atoms with Crippen molar-refractivity contribution in [2.24, 2.45) is 0 Å². The van der Waals surface area contributed by atoms with Crippen LogP contribution in [-0.4, -0.2) is 35.7 Å². The molecule has 0 amide bonds. The molecule has 1 aliphatic rings. The third-order valence-electron chi connectivity index (χ3n) is 1.62. The minimum atomic E-state index is -0.738. The highest BCUT2D eigenvalue weighted by atomic mass is 35.5. The predicted molar refractivity (Wildman–Crippen MR) is 51.5 cm³/mol. The zero-order chi connectivity index (χ0) is 11.0. The molecule has 0 aromatic heterocycles. The monoisotopic (exact) mass is 223 g/mol. The number of carboxylic acid groups (broad SMARTS) is 1. The van der Waals surface area contributed by atoms with E-state index in [4.69, 9.17) is 16.7 Å². The molecule has 1 aliphatic heterocycles. The molecule has 1 saturated heterocycles. The van der Waals surface area contributed by atoms with Crippen molar-refractivity contribution in [3.8, 4) is 0 Å². The van der Waals surface area contributed by atoms with Crippen LogP contribution in [0.25, 0.3) is 0 Å². The summed E-state index contributed by atoms with van der Waals surface area (Å²) >= 11 is 4.72. The van der Waals surface area contributed by atoms with Crippen molar-refractivity contribution in [3.63, 3.8) is 0 Å². The van der Waals surface area contributed by atoms with E-state index in [2.05, 4.69) is 10.1 Å². The lowest BCUT2D eigenvalue weighted by Gasteiger charge is -1.99. The van der Waals surface area contributed by atoms with E-state index in [9.17, 15) is 9.59 Å². The fourth-order valence-electron chi connectivity index (χ4n) is 1.01. The van der Waals surface area contributed by atoms with Crippen LogP contribution in [0.3, 0.4) is 0 Å². The second kappa shape index (κ2) is 7.58. The second-order valence-electron chi connectivity index (χ2n) is 2.66. The van der Waals surface area contributed by atoms with Gasteiger partial charge in [-0.3, -0.25) is 4.79 Å². The Balaban J connectivity index is 0.000000255. The Labute approximate surface area is 87.4 Å². The summed E-state index contributed by atoms with van der Waals surface area (Å²) in [5.41, 5.74) is -0.738. The van der Waals surface area contributed by atoms with Crippen LogP contribution in [0.5, 0.6) is 0 Å². The van der Waals surface area contributed by atoms with Crippen LogP contribution in [0.4, 0.5) is 4.79 Å². The van der Waals surface area contributed by atoms with Crippen molar-refractivity contribution in [2.75, 3.05) is 13.2 Å². The Morgan fingerprint density at radius 3 is 2.43 bits per heavy atom. The number of carboxylic acids is 1. The van der Waals surface area contributed by atoms with E-state index in [-0.39, 0.29) is 6.04 Å². The molecule has 1 rings (SSSR count). The minimum absolute atomic E-state index is 0.269. The molecule has 5 nitrogen and oxygen atoms in total. The molecule has 0 aliphatic carbocycles. The molecule has 82 valence electrons. The Hall–Kier alpha value is -0.810. The third-order valence-corrected chi connectivity index (χ3v) is 1.73. The quantitative estimate of drug-likeness (QED) is 0.688. The van der Waals surface area contributed by atoms with Gasteiger partial charge in [-0.1, -0.05) is 0 Å². The van der Waals surface area contributed by atoms with Gasteiger partial charge in [-0.05, 0) is 26.3 Å². The van der Waals surface area contributed by atoms with Gasteiger partial charge in [0.15, 0.2) is 0 Å². The molecule has 6 heteroatoms. The summed E-state index contributed by atoms with van der Waals surface area (Å²) in [4.78, 5) is 19.7. The fraction of sp³-hybridized carbons (Fsp3) is 0.750. The van der Waals surface area contributed by atoms with Crippen LogP contribution in [-0.2, 0) is 9.53 Å². The molecular weight excluding hydrogens is 210 g/mol. The van der Waals surface area contributed by atoms with Crippen LogP contribution in [0.2, 0.25) is 0 Å². The van der Waals surface area contributed by atoms with Gasteiger partial charge < -0.3 is 15.2 Å². The Kier molecular flexibility index (Phi) is 7.14. The van der Waals surface area contributed by atoms with E-state index in [1.165, 1.54) is 0 Å².